The van der Waals surface area contributed by atoms with Crippen LogP contribution in [0.4, 0.5) is 0 Å². The molecule has 1 saturated carbocycles. The predicted molar refractivity (Wildman–Crippen MR) is 63.9 cm³/mol. The molecule has 2 N–H and O–H groups in total. The van der Waals surface area contributed by atoms with Crippen molar-refractivity contribution in [1.29, 1.82) is 0 Å². The van der Waals surface area contributed by atoms with Gasteiger partial charge in [-0.25, -0.2) is 0 Å². The topological polar surface area (TPSA) is 32.5 Å². The molecule has 2 aliphatic rings. The fraction of sp³-hybridized carbons (Fsp3) is 1.00. The minimum atomic E-state index is -0.0541. The van der Waals surface area contributed by atoms with Crippen LogP contribution in [0.3, 0.4) is 0 Å². The summed E-state index contributed by atoms with van der Waals surface area (Å²) in [6, 6.07) is 1.63. The van der Waals surface area contributed by atoms with Gasteiger partial charge >= 0.3 is 0 Å². The summed E-state index contributed by atoms with van der Waals surface area (Å²) in [4.78, 5) is 5.20. The molecule has 1 heterocycles. The summed E-state index contributed by atoms with van der Waals surface area (Å²) in [5.41, 5.74) is 6.01. The second-order valence-electron chi connectivity index (χ2n) is 6.04. The van der Waals surface area contributed by atoms with Crippen LogP contribution >= 0.6 is 0 Å². The van der Waals surface area contributed by atoms with E-state index < -0.39 is 0 Å². The Kier molecular flexibility index (Phi) is 3.06. The number of rotatable bonds is 3. The number of piperazine rings is 1. The maximum Gasteiger partial charge on any atom is 0.0226 e. The lowest BCUT2D eigenvalue weighted by atomic mass is 10.0. The molecular formula is C12H25N3. The molecule has 15 heavy (non-hydrogen) atoms. The van der Waals surface area contributed by atoms with E-state index in [2.05, 4.69) is 30.6 Å². The molecule has 1 unspecified atom stereocenters. The van der Waals surface area contributed by atoms with Crippen molar-refractivity contribution in [3.63, 3.8) is 0 Å². The quantitative estimate of drug-likeness (QED) is 0.752. The van der Waals surface area contributed by atoms with Gasteiger partial charge in [-0.1, -0.05) is 0 Å². The lowest BCUT2D eigenvalue weighted by molar-refractivity contribution is 0.0668. The zero-order chi connectivity index (χ0) is 11.1. The van der Waals surface area contributed by atoms with Crippen LogP contribution in [0.2, 0.25) is 0 Å². The summed E-state index contributed by atoms with van der Waals surface area (Å²) >= 11 is 0. The van der Waals surface area contributed by atoms with Gasteiger partial charge in [0.05, 0.1) is 0 Å². The largest absolute Gasteiger partial charge is 0.324 e. The van der Waals surface area contributed by atoms with Crippen LogP contribution in [0.5, 0.6) is 0 Å². The highest BCUT2D eigenvalue weighted by molar-refractivity contribution is 4.92. The van der Waals surface area contributed by atoms with E-state index in [9.17, 15) is 0 Å². The first kappa shape index (κ1) is 11.4. The zero-order valence-electron chi connectivity index (χ0n) is 10.4. The lowest BCUT2D eigenvalue weighted by Gasteiger charge is -2.42. The third-order valence-corrected chi connectivity index (χ3v) is 3.41. The Morgan fingerprint density at radius 3 is 2.40 bits per heavy atom. The highest BCUT2D eigenvalue weighted by Gasteiger charge is 2.35. The first-order valence-corrected chi connectivity index (χ1v) is 6.23. The van der Waals surface area contributed by atoms with Crippen molar-refractivity contribution in [3.8, 4) is 0 Å². The molecule has 2 rings (SSSR count). The Morgan fingerprint density at radius 2 is 1.93 bits per heavy atom. The molecule has 1 aliphatic heterocycles. The van der Waals surface area contributed by atoms with E-state index in [1.807, 2.05) is 0 Å². The minimum Gasteiger partial charge on any atom is -0.324 e. The minimum absolute atomic E-state index is 0.0541. The third-order valence-electron chi connectivity index (χ3n) is 3.41. The molecule has 1 atom stereocenters. The molecule has 0 radical (unpaired) electrons. The molecule has 3 nitrogen and oxygen atoms in total. The molecule has 88 valence electrons. The Hall–Kier alpha value is -0.120. The Morgan fingerprint density at radius 1 is 1.27 bits per heavy atom. The van der Waals surface area contributed by atoms with Crippen LogP contribution in [0.1, 0.15) is 33.6 Å². The number of nitrogens with two attached hydrogens (primary N) is 1. The van der Waals surface area contributed by atoms with Crippen molar-refractivity contribution in [2.75, 3.05) is 26.2 Å². The van der Waals surface area contributed by atoms with Crippen molar-refractivity contribution in [1.82, 2.24) is 9.80 Å². The van der Waals surface area contributed by atoms with Gasteiger partial charge < -0.3 is 5.73 Å². The maximum atomic E-state index is 6.06. The second kappa shape index (κ2) is 4.04. The molecule has 0 amide bonds. The average molecular weight is 211 g/mol. The van der Waals surface area contributed by atoms with Gasteiger partial charge in [0.25, 0.3) is 0 Å². The molecule has 0 aromatic rings. The smallest absolute Gasteiger partial charge is 0.0226 e. The fourth-order valence-electron chi connectivity index (χ4n) is 2.72. The monoisotopic (exact) mass is 211 g/mol. The van der Waals surface area contributed by atoms with Crippen LogP contribution < -0.4 is 5.73 Å². The first-order chi connectivity index (χ1) is 6.96. The summed E-state index contributed by atoms with van der Waals surface area (Å²) in [6.45, 7) is 11.2. The van der Waals surface area contributed by atoms with Gasteiger partial charge in [-0.2, -0.15) is 0 Å². The third kappa shape index (κ3) is 3.16. The van der Waals surface area contributed by atoms with E-state index in [1.165, 1.54) is 32.5 Å². The fourth-order valence-corrected chi connectivity index (χ4v) is 2.72. The Labute approximate surface area is 93.6 Å². The summed E-state index contributed by atoms with van der Waals surface area (Å²) < 4.78 is 0. The summed E-state index contributed by atoms with van der Waals surface area (Å²) in [6.07, 6.45) is 2.85. The molecular weight excluding hydrogens is 186 g/mol. The van der Waals surface area contributed by atoms with Gasteiger partial charge in [0.2, 0.25) is 0 Å². The molecule has 1 aliphatic carbocycles. The van der Waals surface area contributed by atoms with E-state index in [1.54, 1.807) is 0 Å². The normalized spacial score (nSPS) is 30.8. The molecule has 0 spiro atoms. The summed E-state index contributed by atoms with van der Waals surface area (Å²) in [5, 5.41) is 0. The average Bonchev–Trinajstić information content (AvgIpc) is 2.84. The number of nitrogens with zero attached hydrogens (tertiary/aromatic N) is 2. The Balaban J connectivity index is 1.82. The van der Waals surface area contributed by atoms with E-state index >= 15 is 0 Å². The number of hydrogen-bond donors (Lipinski definition) is 1. The lowest BCUT2D eigenvalue weighted by Crippen LogP contribution is -2.56. The molecule has 0 aromatic carbocycles. The van der Waals surface area contributed by atoms with Gasteiger partial charge in [-0.3, -0.25) is 9.80 Å². The standard InChI is InChI=1S/C12H25N3/c1-10-8-14(9-12(2,3)13)6-7-15(10)11-4-5-11/h10-11H,4-9,13H2,1-3H3. The highest BCUT2D eigenvalue weighted by Crippen LogP contribution is 2.30. The van der Waals surface area contributed by atoms with Crippen LogP contribution in [0.25, 0.3) is 0 Å². The highest BCUT2D eigenvalue weighted by atomic mass is 15.3. The summed E-state index contributed by atoms with van der Waals surface area (Å²) in [5.74, 6) is 0. The molecule has 1 saturated heterocycles. The maximum absolute atomic E-state index is 6.06. The summed E-state index contributed by atoms with van der Waals surface area (Å²) in [7, 11) is 0. The molecule has 3 heteroatoms. The van der Waals surface area contributed by atoms with Crippen molar-refractivity contribution in [2.24, 2.45) is 5.73 Å². The van der Waals surface area contributed by atoms with Gasteiger partial charge in [-0.15, -0.1) is 0 Å². The predicted octanol–water partition coefficient (Wildman–Crippen LogP) is 0.892. The van der Waals surface area contributed by atoms with Crippen molar-refractivity contribution >= 4 is 0 Å². The van der Waals surface area contributed by atoms with Gasteiger partial charge in [0, 0.05) is 43.8 Å². The van der Waals surface area contributed by atoms with Gasteiger partial charge in [0.1, 0.15) is 0 Å². The number of hydrogen-bond acceptors (Lipinski definition) is 3. The van der Waals surface area contributed by atoms with E-state index in [0.717, 1.165) is 12.6 Å². The van der Waals surface area contributed by atoms with Crippen LogP contribution in [0, 0.1) is 0 Å². The van der Waals surface area contributed by atoms with Gasteiger partial charge in [-0.05, 0) is 33.6 Å². The SMILES string of the molecule is CC1CN(CC(C)(C)N)CCN1C1CC1. The van der Waals surface area contributed by atoms with Gasteiger partial charge in [0.15, 0.2) is 0 Å². The van der Waals surface area contributed by atoms with Crippen molar-refractivity contribution in [3.05, 3.63) is 0 Å². The molecule has 0 bridgehead atoms. The van der Waals surface area contributed by atoms with E-state index in [-0.39, 0.29) is 5.54 Å². The zero-order valence-corrected chi connectivity index (χ0v) is 10.4. The van der Waals surface area contributed by atoms with E-state index in [0.29, 0.717) is 6.04 Å². The van der Waals surface area contributed by atoms with Crippen LogP contribution in [-0.4, -0.2) is 53.6 Å². The van der Waals surface area contributed by atoms with Crippen molar-refractivity contribution in [2.45, 2.75) is 51.2 Å². The van der Waals surface area contributed by atoms with E-state index in [4.69, 9.17) is 5.73 Å². The second-order valence-corrected chi connectivity index (χ2v) is 6.04. The van der Waals surface area contributed by atoms with Crippen LogP contribution in [-0.2, 0) is 0 Å². The van der Waals surface area contributed by atoms with Crippen LogP contribution in [0.15, 0.2) is 0 Å². The first-order valence-electron chi connectivity index (χ1n) is 6.23. The Bertz CT molecular complexity index is 217. The molecule has 2 fully saturated rings. The van der Waals surface area contributed by atoms with Crippen molar-refractivity contribution < 1.29 is 0 Å². The molecule has 0 aromatic heterocycles.